The number of rotatable bonds is 5. The van der Waals surface area contributed by atoms with E-state index in [0.717, 1.165) is 24.2 Å². The molecule has 1 aliphatic carbocycles. The smallest absolute Gasteiger partial charge is 0.0720 e. The van der Waals surface area contributed by atoms with E-state index in [1.165, 1.54) is 27.8 Å². The Morgan fingerprint density at radius 1 is 1.04 bits per heavy atom. The molecular formula is C22H24N2. The Morgan fingerprint density at radius 2 is 1.75 bits per heavy atom. The van der Waals surface area contributed by atoms with Crippen molar-refractivity contribution >= 4 is 11.4 Å². The van der Waals surface area contributed by atoms with Gasteiger partial charge in [-0.3, -0.25) is 5.43 Å². The van der Waals surface area contributed by atoms with Gasteiger partial charge in [-0.1, -0.05) is 71.8 Å². The van der Waals surface area contributed by atoms with Crippen LogP contribution in [0.4, 0.5) is 5.69 Å². The predicted molar refractivity (Wildman–Crippen MR) is 104 cm³/mol. The summed E-state index contributed by atoms with van der Waals surface area (Å²) in [5, 5.41) is 4.78. The van der Waals surface area contributed by atoms with Crippen molar-refractivity contribution in [2.24, 2.45) is 5.10 Å². The molecule has 24 heavy (non-hydrogen) atoms. The Bertz CT molecular complexity index is 788. The van der Waals surface area contributed by atoms with Gasteiger partial charge in [0.25, 0.3) is 0 Å². The van der Waals surface area contributed by atoms with E-state index < -0.39 is 0 Å². The first kappa shape index (κ1) is 16.3. The van der Waals surface area contributed by atoms with Gasteiger partial charge in [0.15, 0.2) is 0 Å². The van der Waals surface area contributed by atoms with Gasteiger partial charge in [-0.2, -0.15) is 5.10 Å². The van der Waals surface area contributed by atoms with E-state index >= 15 is 0 Å². The van der Waals surface area contributed by atoms with Crippen molar-refractivity contribution in [2.45, 2.75) is 33.6 Å². The zero-order valence-corrected chi connectivity index (χ0v) is 14.6. The molecule has 2 aromatic rings. The van der Waals surface area contributed by atoms with Crippen LogP contribution in [0.25, 0.3) is 0 Å². The molecule has 1 aliphatic rings. The number of anilines is 1. The van der Waals surface area contributed by atoms with E-state index in [1.54, 1.807) is 0 Å². The number of allylic oxidation sites excluding steroid dienone is 4. The average Bonchev–Trinajstić information content (AvgIpc) is 3.06. The molecule has 2 heteroatoms. The van der Waals surface area contributed by atoms with Gasteiger partial charge in [0, 0.05) is 6.42 Å². The molecule has 0 saturated heterocycles. The molecule has 0 heterocycles. The number of hydrogen-bond acceptors (Lipinski definition) is 2. The minimum absolute atomic E-state index is 0.869. The monoisotopic (exact) mass is 316 g/mol. The molecule has 0 atom stereocenters. The van der Waals surface area contributed by atoms with E-state index in [-0.39, 0.29) is 0 Å². The van der Waals surface area contributed by atoms with Gasteiger partial charge >= 0.3 is 0 Å². The quantitative estimate of drug-likeness (QED) is 0.555. The van der Waals surface area contributed by atoms with Crippen LogP contribution in [0.1, 0.15) is 35.1 Å². The Kier molecular flexibility index (Phi) is 4.95. The van der Waals surface area contributed by atoms with Crippen LogP contribution in [0.3, 0.4) is 0 Å². The van der Waals surface area contributed by atoms with Gasteiger partial charge in [0.1, 0.15) is 0 Å². The SMILES string of the molecule is Cc1cc(C)c(NN=C(CC2=CC=CC2)c2ccccc2)c(C)c1. The maximum absolute atomic E-state index is 4.78. The Labute approximate surface area is 144 Å². The van der Waals surface area contributed by atoms with Crippen LogP contribution in [0.15, 0.2) is 71.4 Å². The number of hydrazone groups is 1. The fourth-order valence-electron chi connectivity index (χ4n) is 3.15. The van der Waals surface area contributed by atoms with Crippen molar-refractivity contribution in [2.75, 3.05) is 5.43 Å². The van der Waals surface area contributed by atoms with Crippen LogP contribution in [0, 0.1) is 20.8 Å². The van der Waals surface area contributed by atoms with Gasteiger partial charge in [-0.15, -0.1) is 0 Å². The van der Waals surface area contributed by atoms with Gasteiger partial charge in [-0.05, 0) is 43.9 Å². The van der Waals surface area contributed by atoms with Crippen LogP contribution in [-0.2, 0) is 0 Å². The number of nitrogens with one attached hydrogen (secondary N) is 1. The topological polar surface area (TPSA) is 24.4 Å². The largest absolute Gasteiger partial charge is 0.278 e. The van der Waals surface area contributed by atoms with Crippen LogP contribution in [-0.4, -0.2) is 5.71 Å². The summed E-state index contributed by atoms with van der Waals surface area (Å²) in [6.07, 6.45) is 8.41. The number of hydrogen-bond donors (Lipinski definition) is 1. The second-order valence-corrected chi connectivity index (χ2v) is 6.44. The fourth-order valence-corrected chi connectivity index (χ4v) is 3.15. The van der Waals surface area contributed by atoms with Crippen molar-refractivity contribution in [3.05, 3.63) is 88.5 Å². The minimum Gasteiger partial charge on any atom is -0.278 e. The van der Waals surface area contributed by atoms with Crippen molar-refractivity contribution in [1.82, 2.24) is 0 Å². The first-order chi connectivity index (χ1) is 11.6. The van der Waals surface area contributed by atoms with Crippen molar-refractivity contribution < 1.29 is 0 Å². The normalized spacial score (nSPS) is 14.0. The maximum Gasteiger partial charge on any atom is 0.0720 e. The molecule has 3 rings (SSSR count). The summed E-state index contributed by atoms with van der Waals surface area (Å²) in [5.74, 6) is 0. The molecule has 0 unspecified atom stereocenters. The molecule has 2 nitrogen and oxygen atoms in total. The van der Waals surface area contributed by atoms with Crippen molar-refractivity contribution in [3.63, 3.8) is 0 Å². The number of aryl methyl sites for hydroxylation is 3. The highest BCUT2D eigenvalue weighted by Crippen LogP contribution is 2.23. The third-order valence-electron chi connectivity index (χ3n) is 4.33. The highest BCUT2D eigenvalue weighted by atomic mass is 15.3. The number of nitrogens with zero attached hydrogens (tertiary/aromatic N) is 1. The molecule has 0 fully saturated rings. The second-order valence-electron chi connectivity index (χ2n) is 6.44. The minimum atomic E-state index is 0.869. The zero-order valence-electron chi connectivity index (χ0n) is 14.6. The van der Waals surface area contributed by atoms with Crippen LogP contribution in [0.5, 0.6) is 0 Å². The molecule has 0 bridgehead atoms. The summed E-state index contributed by atoms with van der Waals surface area (Å²) < 4.78 is 0. The van der Waals surface area contributed by atoms with Crippen LogP contribution in [0.2, 0.25) is 0 Å². The second kappa shape index (κ2) is 7.31. The van der Waals surface area contributed by atoms with Crippen molar-refractivity contribution in [3.8, 4) is 0 Å². The van der Waals surface area contributed by atoms with Gasteiger partial charge in [0.05, 0.1) is 11.4 Å². The third kappa shape index (κ3) is 3.83. The average molecular weight is 316 g/mol. The van der Waals surface area contributed by atoms with Gasteiger partial charge in [-0.25, -0.2) is 0 Å². The van der Waals surface area contributed by atoms with E-state index in [9.17, 15) is 0 Å². The maximum atomic E-state index is 4.78. The summed E-state index contributed by atoms with van der Waals surface area (Å²) in [5.41, 5.74) is 11.8. The first-order valence-corrected chi connectivity index (χ1v) is 8.44. The number of benzene rings is 2. The molecular weight excluding hydrogens is 292 g/mol. The van der Waals surface area contributed by atoms with E-state index in [2.05, 4.69) is 80.8 Å². The molecule has 0 aromatic heterocycles. The molecule has 0 radical (unpaired) electrons. The molecule has 1 N–H and O–H groups in total. The lowest BCUT2D eigenvalue weighted by Crippen LogP contribution is -2.07. The summed E-state index contributed by atoms with van der Waals surface area (Å²) in [6.45, 7) is 6.38. The highest BCUT2D eigenvalue weighted by Gasteiger charge is 2.09. The standard InChI is InChI=1S/C22H24N2/c1-16-13-17(2)22(18(3)14-16)24-23-21(15-19-9-7-8-10-19)20-11-5-4-6-12-20/h4-9,11-14,24H,10,15H2,1-3H3. The lowest BCUT2D eigenvalue weighted by Gasteiger charge is -2.13. The van der Waals surface area contributed by atoms with E-state index in [0.29, 0.717) is 0 Å². The van der Waals surface area contributed by atoms with E-state index in [1.807, 2.05) is 6.07 Å². The van der Waals surface area contributed by atoms with Crippen LogP contribution >= 0.6 is 0 Å². The predicted octanol–water partition coefficient (Wildman–Crippen LogP) is 5.70. The van der Waals surface area contributed by atoms with Gasteiger partial charge < -0.3 is 0 Å². The summed E-state index contributed by atoms with van der Waals surface area (Å²) in [4.78, 5) is 0. The lowest BCUT2D eigenvalue weighted by atomic mass is 10.0. The highest BCUT2D eigenvalue weighted by molar-refractivity contribution is 6.02. The Balaban J connectivity index is 1.89. The zero-order chi connectivity index (χ0) is 16.9. The summed E-state index contributed by atoms with van der Waals surface area (Å²) in [7, 11) is 0. The summed E-state index contributed by atoms with van der Waals surface area (Å²) in [6, 6.07) is 14.8. The first-order valence-electron chi connectivity index (χ1n) is 8.44. The molecule has 0 amide bonds. The third-order valence-corrected chi connectivity index (χ3v) is 4.33. The molecule has 0 spiro atoms. The Morgan fingerprint density at radius 3 is 2.38 bits per heavy atom. The van der Waals surface area contributed by atoms with Gasteiger partial charge in [0.2, 0.25) is 0 Å². The Hall–Kier alpha value is -2.61. The van der Waals surface area contributed by atoms with Crippen molar-refractivity contribution in [1.29, 1.82) is 0 Å². The van der Waals surface area contributed by atoms with E-state index in [4.69, 9.17) is 5.10 Å². The molecule has 2 aromatic carbocycles. The summed E-state index contributed by atoms with van der Waals surface area (Å²) >= 11 is 0. The lowest BCUT2D eigenvalue weighted by molar-refractivity contribution is 1.14. The van der Waals surface area contributed by atoms with Crippen LogP contribution < -0.4 is 5.43 Å². The fraction of sp³-hybridized carbons (Fsp3) is 0.227. The molecule has 122 valence electrons. The molecule has 0 saturated carbocycles. The molecule has 0 aliphatic heterocycles.